The van der Waals surface area contributed by atoms with Crippen LogP contribution < -0.4 is 0 Å². The zero-order chi connectivity index (χ0) is 18.6. The molecule has 0 aromatic heterocycles. The number of aliphatic hydroxyl groups excluding tert-OH is 2. The van der Waals surface area contributed by atoms with E-state index in [0.29, 0.717) is 0 Å². The predicted octanol–water partition coefficient (Wildman–Crippen LogP) is 1.81. The number of rotatable bonds is 9. The monoisotopic (exact) mass is 364 g/mol. The van der Waals surface area contributed by atoms with E-state index in [2.05, 4.69) is 0 Å². The Morgan fingerprint density at radius 2 is 1.42 bits per heavy atom. The molecule has 0 heterocycles. The lowest BCUT2D eigenvalue weighted by molar-refractivity contribution is -0.340. The second kappa shape index (κ2) is 11.5. The lowest BCUT2D eigenvalue weighted by Crippen LogP contribution is -2.40. The fourth-order valence-corrected chi connectivity index (χ4v) is 2.83. The van der Waals surface area contributed by atoms with Crippen LogP contribution in [0.5, 0.6) is 0 Å². The van der Waals surface area contributed by atoms with Crippen molar-refractivity contribution in [2.24, 2.45) is 0 Å². The maximum absolute atomic E-state index is 12.3. The van der Waals surface area contributed by atoms with Crippen LogP contribution in [-0.4, -0.2) is 51.0 Å². The van der Waals surface area contributed by atoms with Crippen LogP contribution in [0.15, 0.2) is 29.2 Å². The van der Waals surface area contributed by atoms with Crippen molar-refractivity contribution in [3.8, 4) is 0 Å². The minimum Gasteiger partial charge on any atom is -0.394 e. The summed E-state index contributed by atoms with van der Waals surface area (Å²) >= 11 is 0. The van der Waals surface area contributed by atoms with Crippen LogP contribution in [0.25, 0.3) is 0 Å². The number of aryl methyl sites for hydroxylation is 1. The Hall–Kier alpha value is -1.03. The lowest BCUT2D eigenvalue weighted by atomic mass is 10.2. The Kier molecular flexibility index (Phi) is 11.0. The van der Waals surface area contributed by atoms with Crippen LogP contribution in [0.1, 0.15) is 32.8 Å². The van der Waals surface area contributed by atoms with Gasteiger partial charge in [0.05, 0.1) is 18.1 Å². The summed E-state index contributed by atoms with van der Waals surface area (Å²) in [5, 5.41) is 15.2. The maximum atomic E-state index is 12.3. The van der Waals surface area contributed by atoms with Crippen LogP contribution in [0.2, 0.25) is 0 Å². The molecule has 140 valence electrons. The van der Waals surface area contributed by atoms with E-state index in [1.54, 1.807) is 32.9 Å². The van der Waals surface area contributed by atoms with E-state index in [0.717, 1.165) is 5.56 Å². The van der Waals surface area contributed by atoms with E-state index < -0.39 is 16.1 Å². The minimum absolute atomic E-state index is 0.0836. The first-order valence-electron chi connectivity index (χ1n) is 7.82. The van der Waals surface area contributed by atoms with Gasteiger partial charge in [-0.05, 0) is 32.9 Å². The van der Waals surface area contributed by atoms with Crippen molar-refractivity contribution < 1.29 is 32.3 Å². The van der Waals surface area contributed by atoms with Crippen LogP contribution in [0, 0.1) is 6.92 Å². The summed E-state index contributed by atoms with van der Waals surface area (Å²) in [6, 6.07) is 6.43. The molecular weight excluding hydrogens is 336 g/mol. The molecule has 0 aliphatic rings. The number of aliphatic hydroxyl groups is 2. The van der Waals surface area contributed by atoms with Crippen molar-refractivity contribution in [1.82, 2.24) is 0 Å². The Morgan fingerprint density at radius 1 is 0.958 bits per heavy atom. The van der Waals surface area contributed by atoms with Crippen molar-refractivity contribution in [2.75, 3.05) is 26.4 Å². The van der Waals surface area contributed by atoms with Crippen LogP contribution in [0.4, 0.5) is 0 Å². The van der Waals surface area contributed by atoms with Gasteiger partial charge in [0.15, 0.2) is 0 Å². The summed E-state index contributed by atoms with van der Waals surface area (Å²) in [7, 11) is -3.94. The van der Waals surface area contributed by atoms with Gasteiger partial charge < -0.3 is 19.7 Å². The molecule has 1 aromatic carbocycles. The standard InChI is InChI=1S/C14H22O5S.C2H6O2/c1-5-14(17-6-2,18-7-3)19-20(15,16)13-10-8-12(4)9-11-13;3-1-2-4/h8-11H,5-7H2,1-4H3;3-4H,1-2H2. The third-order valence-electron chi connectivity index (χ3n) is 2.81. The largest absolute Gasteiger partial charge is 0.394 e. The second-order valence-electron chi connectivity index (χ2n) is 4.70. The van der Waals surface area contributed by atoms with Gasteiger partial charge in [0.2, 0.25) is 0 Å². The molecule has 1 aromatic rings. The number of benzene rings is 1. The lowest BCUT2D eigenvalue weighted by Gasteiger charge is -2.30. The number of hydrogen-bond donors (Lipinski definition) is 2. The van der Waals surface area contributed by atoms with Gasteiger partial charge in [-0.1, -0.05) is 24.6 Å². The third kappa shape index (κ3) is 7.69. The molecule has 2 N–H and O–H groups in total. The molecule has 24 heavy (non-hydrogen) atoms. The molecule has 0 fully saturated rings. The Morgan fingerprint density at radius 3 is 1.75 bits per heavy atom. The maximum Gasteiger partial charge on any atom is 0.301 e. The average Bonchev–Trinajstić information content (AvgIpc) is 2.55. The van der Waals surface area contributed by atoms with Crippen LogP contribution in [-0.2, 0) is 23.8 Å². The van der Waals surface area contributed by atoms with E-state index in [1.165, 1.54) is 12.1 Å². The van der Waals surface area contributed by atoms with E-state index in [4.69, 9.17) is 23.9 Å². The molecule has 0 saturated carbocycles. The highest BCUT2D eigenvalue weighted by atomic mass is 32.2. The molecule has 8 heteroatoms. The molecule has 0 atom stereocenters. The summed E-state index contributed by atoms with van der Waals surface area (Å²) in [6.07, 6.45) is 0.264. The SMILES string of the molecule is CCOC(CC)(OCC)OS(=O)(=O)c1ccc(C)cc1.OCCO. The quantitative estimate of drug-likeness (QED) is 0.509. The zero-order valence-electron chi connectivity index (χ0n) is 14.7. The molecule has 0 unspecified atom stereocenters. The van der Waals surface area contributed by atoms with Gasteiger partial charge in [-0.15, -0.1) is 0 Å². The highest BCUT2D eigenvalue weighted by Gasteiger charge is 2.37. The Balaban J connectivity index is 0.00000118. The fraction of sp³-hybridized carbons (Fsp3) is 0.625. The van der Waals surface area contributed by atoms with Crippen molar-refractivity contribution in [1.29, 1.82) is 0 Å². The van der Waals surface area contributed by atoms with Crippen molar-refractivity contribution in [3.05, 3.63) is 29.8 Å². The molecule has 0 aliphatic carbocycles. The van der Waals surface area contributed by atoms with Crippen molar-refractivity contribution in [3.63, 3.8) is 0 Å². The smallest absolute Gasteiger partial charge is 0.301 e. The molecule has 0 bridgehead atoms. The number of ether oxygens (including phenoxy) is 2. The molecule has 0 spiro atoms. The normalized spacial score (nSPS) is 11.8. The summed E-state index contributed by atoms with van der Waals surface area (Å²) < 4.78 is 40.5. The Labute approximate surface area is 144 Å². The molecule has 0 saturated heterocycles. The highest BCUT2D eigenvalue weighted by Crippen LogP contribution is 2.26. The zero-order valence-corrected chi connectivity index (χ0v) is 15.5. The summed E-state index contributed by atoms with van der Waals surface area (Å²) in [6.45, 7) is 7.47. The molecular formula is C16H28O7S. The first kappa shape index (κ1) is 23.0. The van der Waals surface area contributed by atoms with E-state index in [1.807, 2.05) is 6.92 Å². The first-order chi connectivity index (χ1) is 11.3. The highest BCUT2D eigenvalue weighted by molar-refractivity contribution is 7.86. The molecule has 7 nitrogen and oxygen atoms in total. The van der Waals surface area contributed by atoms with Crippen molar-refractivity contribution >= 4 is 10.1 Å². The molecule has 0 amide bonds. The third-order valence-corrected chi connectivity index (χ3v) is 4.13. The van der Waals surface area contributed by atoms with E-state index in [-0.39, 0.29) is 37.7 Å². The van der Waals surface area contributed by atoms with Gasteiger partial charge in [-0.25, -0.2) is 4.18 Å². The molecule has 1 rings (SSSR count). The topological polar surface area (TPSA) is 102 Å². The van der Waals surface area contributed by atoms with Crippen LogP contribution in [0.3, 0.4) is 0 Å². The fourth-order valence-electron chi connectivity index (χ4n) is 1.71. The van der Waals surface area contributed by atoms with Gasteiger partial charge in [-0.3, -0.25) is 0 Å². The summed E-state index contributed by atoms with van der Waals surface area (Å²) in [5.41, 5.74) is 0.973. The van der Waals surface area contributed by atoms with E-state index >= 15 is 0 Å². The summed E-state index contributed by atoms with van der Waals surface area (Å²) in [4.78, 5) is 0.0836. The van der Waals surface area contributed by atoms with Crippen LogP contribution >= 0.6 is 0 Å². The second-order valence-corrected chi connectivity index (χ2v) is 6.25. The molecule has 0 radical (unpaired) electrons. The van der Waals surface area contributed by atoms with Gasteiger partial charge in [0, 0.05) is 19.6 Å². The minimum atomic E-state index is -3.94. The summed E-state index contributed by atoms with van der Waals surface area (Å²) in [5.74, 6) is -1.56. The van der Waals surface area contributed by atoms with Gasteiger partial charge in [0.25, 0.3) is 5.97 Å². The predicted molar refractivity (Wildman–Crippen MR) is 89.9 cm³/mol. The average molecular weight is 364 g/mol. The van der Waals surface area contributed by atoms with Gasteiger partial charge in [-0.2, -0.15) is 8.42 Å². The Bertz CT molecular complexity index is 532. The first-order valence-corrected chi connectivity index (χ1v) is 9.23. The molecule has 0 aliphatic heterocycles. The van der Waals surface area contributed by atoms with Gasteiger partial charge >= 0.3 is 10.1 Å². The van der Waals surface area contributed by atoms with Crippen molar-refractivity contribution in [2.45, 2.75) is 45.0 Å². The van der Waals surface area contributed by atoms with Gasteiger partial charge in [0.1, 0.15) is 0 Å². The van der Waals surface area contributed by atoms with E-state index in [9.17, 15) is 8.42 Å². The number of hydrogen-bond acceptors (Lipinski definition) is 7.